The second kappa shape index (κ2) is 5.88. The Hall–Kier alpha value is -0.870. The molecule has 0 spiro atoms. The smallest absolute Gasteiger partial charge is 0.333 e. The van der Waals surface area contributed by atoms with E-state index in [2.05, 4.69) is 11.5 Å². The summed E-state index contributed by atoms with van der Waals surface area (Å²) >= 11 is 0. The molecular weight excluding hydrogens is 196 g/mol. The van der Waals surface area contributed by atoms with Crippen molar-refractivity contribution in [1.82, 2.24) is 0 Å². The Morgan fingerprint density at radius 3 is 2.40 bits per heavy atom. The van der Waals surface area contributed by atoms with E-state index in [-0.39, 0.29) is 18.2 Å². The van der Waals surface area contributed by atoms with Gasteiger partial charge in [-0.1, -0.05) is 13.0 Å². The van der Waals surface area contributed by atoms with Crippen molar-refractivity contribution < 1.29 is 19.3 Å². The van der Waals surface area contributed by atoms with Gasteiger partial charge >= 0.3 is 5.97 Å². The van der Waals surface area contributed by atoms with E-state index in [0.717, 1.165) is 25.7 Å². The molecule has 4 nitrogen and oxygen atoms in total. The Balaban J connectivity index is 2.48. The van der Waals surface area contributed by atoms with E-state index in [1.54, 1.807) is 6.92 Å². The van der Waals surface area contributed by atoms with Crippen molar-refractivity contribution in [2.45, 2.75) is 44.8 Å². The van der Waals surface area contributed by atoms with Crippen LogP contribution in [0.1, 0.15) is 32.6 Å². The molecule has 0 N–H and O–H groups in total. The van der Waals surface area contributed by atoms with Gasteiger partial charge in [0.25, 0.3) is 0 Å². The highest BCUT2D eigenvalue weighted by Crippen LogP contribution is 2.24. The molecule has 1 fully saturated rings. The third-order valence-electron chi connectivity index (χ3n) is 2.47. The topological polar surface area (TPSA) is 44.8 Å². The average molecular weight is 214 g/mol. The molecule has 0 bridgehead atoms. The highest BCUT2D eigenvalue weighted by molar-refractivity contribution is 5.87. The molecule has 0 aromatic carbocycles. The van der Waals surface area contributed by atoms with Crippen LogP contribution < -0.4 is 0 Å². The summed E-state index contributed by atoms with van der Waals surface area (Å²) in [6.45, 7) is 5.18. The molecule has 2 unspecified atom stereocenters. The highest BCUT2D eigenvalue weighted by atomic mass is 17.2. The predicted octanol–water partition coefficient (Wildman–Crippen LogP) is 1.99. The van der Waals surface area contributed by atoms with Crippen LogP contribution in [0.25, 0.3) is 0 Å². The van der Waals surface area contributed by atoms with Gasteiger partial charge in [-0.2, -0.15) is 0 Å². The number of hydrogen-bond donors (Lipinski definition) is 0. The first-order valence-electron chi connectivity index (χ1n) is 5.21. The van der Waals surface area contributed by atoms with E-state index in [4.69, 9.17) is 9.62 Å². The van der Waals surface area contributed by atoms with E-state index >= 15 is 0 Å². The maximum Gasteiger partial charge on any atom is 0.333 e. The molecule has 0 aromatic heterocycles. The zero-order valence-corrected chi connectivity index (χ0v) is 9.32. The number of esters is 1. The van der Waals surface area contributed by atoms with Gasteiger partial charge in [0.2, 0.25) is 0 Å². The van der Waals surface area contributed by atoms with Crippen molar-refractivity contribution in [3.05, 3.63) is 12.2 Å². The van der Waals surface area contributed by atoms with Gasteiger partial charge in [0.05, 0.1) is 7.11 Å². The molecular formula is C11H18O4. The van der Waals surface area contributed by atoms with E-state index in [1.807, 2.05) is 0 Å². The molecule has 1 saturated carbocycles. The molecule has 15 heavy (non-hydrogen) atoms. The number of carbonyl (C=O) groups is 1. The van der Waals surface area contributed by atoms with Gasteiger partial charge < -0.3 is 4.74 Å². The molecule has 0 aromatic rings. The number of ether oxygens (including phenoxy) is 1. The third kappa shape index (κ3) is 3.64. The van der Waals surface area contributed by atoms with Crippen LogP contribution in [0, 0.1) is 0 Å². The first-order chi connectivity index (χ1) is 7.15. The molecule has 1 aliphatic carbocycles. The highest BCUT2D eigenvalue weighted by Gasteiger charge is 2.29. The summed E-state index contributed by atoms with van der Waals surface area (Å²) in [6, 6.07) is 0. The van der Waals surface area contributed by atoms with Crippen LogP contribution in [0.4, 0.5) is 0 Å². The minimum absolute atomic E-state index is 0.146. The summed E-state index contributed by atoms with van der Waals surface area (Å²) in [6.07, 6.45) is 3.47. The van der Waals surface area contributed by atoms with E-state index in [0.29, 0.717) is 5.57 Å². The lowest BCUT2D eigenvalue weighted by Gasteiger charge is -2.29. The summed E-state index contributed by atoms with van der Waals surface area (Å²) in [5, 5.41) is 0. The fraction of sp³-hybridized carbons (Fsp3) is 0.727. The Morgan fingerprint density at radius 1 is 1.27 bits per heavy atom. The molecule has 4 heteroatoms. The molecule has 0 radical (unpaired) electrons. The minimum atomic E-state index is -0.355. The minimum Gasteiger partial charge on any atom is -0.456 e. The predicted molar refractivity (Wildman–Crippen MR) is 55.0 cm³/mol. The second-order valence-corrected chi connectivity index (χ2v) is 3.81. The third-order valence-corrected chi connectivity index (χ3v) is 2.47. The van der Waals surface area contributed by atoms with Crippen LogP contribution in [-0.4, -0.2) is 25.3 Å². The van der Waals surface area contributed by atoms with E-state index < -0.39 is 0 Å². The largest absolute Gasteiger partial charge is 0.456 e. The van der Waals surface area contributed by atoms with Crippen LogP contribution in [0.3, 0.4) is 0 Å². The molecule has 0 amide bonds. The van der Waals surface area contributed by atoms with Crippen molar-refractivity contribution in [1.29, 1.82) is 0 Å². The lowest BCUT2D eigenvalue weighted by Crippen LogP contribution is -2.36. The fourth-order valence-corrected chi connectivity index (χ4v) is 1.67. The average Bonchev–Trinajstić information content (AvgIpc) is 2.21. The lowest BCUT2D eigenvalue weighted by molar-refractivity contribution is -0.325. The summed E-state index contributed by atoms with van der Waals surface area (Å²) in [4.78, 5) is 21.1. The summed E-state index contributed by atoms with van der Waals surface area (Å²) < 4.78 is 5.27. The number of rotatable bonds is 4. The molecule has 86 valence electrons. The summed E-state index contributed by atoms with van der Waals surface area (Å²) in [5.74, 6) is -0.355. The van der Waals surface area contributed by atoms with Crippen molar-refractivity contribution in [3.63, 3.8) is 0 Å². The zero-order valence-electron chi connectivity index (χ0n) is 9.32. The van der Waals surface area contributed by atoms with E-state index in [9.17, 15) is 4.79 Å². The zero-order chi connectivity index (χ0) is 11.3. The van der Waals surface area contributed by atoms with Crippen molar-refractivity contribution >= 4 is 5.97 Å². The standard InChI is InChI=1S/C11H18O4/c1-8(2)11(12)14-9-6-4-5-7-10(9)15-13-3/h9-10H,1,4-7H2,2-3H3. The van der Waals surface area contributed by atoms with Gasteiger partial charge in [0.1, 0.15) is 12.2 Å². The van der Waals surface area contributed by atoms with Crippen molar-refractivity contribution in [2.75, 3.05) is 7.11 Å². The normalized spacial score (nSPS) is 26.0. The van der Waals surface area contributed by atoms with Gasteiger partial charge in [0.15, 0.2) is 0 Å². The van der Waals surface area contributed by atoms with Gasteiger partial charge in [-0.15, -0.1) is 0 Å². The van der Waals surface area contributed by atoms with Gasteiger partial charge in [-0.25, -0.2) is 14.6 Å². The monoisotopic (exact) mass is 214 g/mol. The molecule has 2 atom stereocenters. The molecule has 0 aliphatic heterocycles. The summed E-state index contributed by atoms with van der Waals surface area (Å²) in [7, 11) is 1.46. The summed E-state index contributed by atoms with van der Waals surface area (Å²) in [5.41, 5.74) is 0.414. The van der Waals surface area contributed by atoms with Gasteiger partial charge in [-0.3, -0.25) is 0 Å². The molecule has 1 aliphatic rings. The van der Waals surface area contributed by atoms with Gasteiger partial charge in [0, 0.05) is 5.57 Å². The van der Waals surface area contributed by atoms with Crippen LogP contribution in [0.2, 0.25) is 0 Å². The van der Waals surface area contributed by atoms with Crippen molar-refractivity contribution in [2.24, 2.45) is 0 Å². The van der Waals surface area contributed by atoms with E-state index in [1.165, 1.54) is 7.11 Å². The van der Waals surface area contributed by atoms with Crippen LogP contribution in [0.15, 0.2) is 12.2 Å². The Bertz CT molecular complexity index is 235. The maximum atomic E-state index is 11.3. The number of hydrogen-bond acceptors (Lipinski definition) is 4. The van der Waals surface area contributed by atoms with Gasteiger partial charge in [-0.05, 0) is 26.2 Å². The SMILES string of the molecule is C=C(C)C(=O)OC1CCCCC1OOC. The Kier molecular flexibility index (Phi) is 4.78. The van der Waals surface area contributed by atoms with Crippen LogP contribution in [0.5, 0.6) is 0 Å². The first kappa shape index (κ1) is 12.2. The van der Waals surface area contributed by atoms with Crippen LogP contribution in [-0.2, 0) is 19.3 Å². The number of carbonyl (C=O) groups excluding carboxylic acids is 1. The van der Waals surface area contributed by atoms with Crippen LogP contribution >= 0.6 is 0 Å². The van der Waals surface area contributed by atoms with Crippen molar-refractivity contribution in [3.8, 4) is 0 Å². The molecule has 0 saturated heterocycles. The lowest BCUT2D eigenvalue weighted by atomic mass is 9.95. The molecule has 0 heterocycles. The fourth-order valence-electron chi connectivity index (χ4n) is 1.67. The Morgan fingerprint density at radius 2 is 1.87 bits per heavy atom. The quantitative estimate of drug-likeness (QED) is 0.311. The first-order valence-corrected chi connectivity index (χ1v) is 5.21. The molecule has 1 rings (SSSR count). The Labute approximate surface area is 90.1 Å². The maximum absolute atomic E-state index is 11.3. The second-order valence-electron chi connectivity index (χ2n) is 3.81.